The minimum atomic E-state index is -0.143. The van der Waals surface area contributed by atoms with Crippen molar-refractivity contribution in [2.45, 2.75) is 13.0 Å². The van der Waals surface area contributed by atoms with Crippen molar-refractivity contribution in [1.29, 1.82) is 0 Å². The van der Waals surface area contributed by atoms with Gasteiger partial charge in [0.25, 0.3) is 5.91 Å². The lowest BCUT2D eigenvalue weighted by Gasteiger charge is -2.23. The summed E-state index contributed by atoms with van der Waals surface area (Å²) in [4.78, 5) is 17.3. The van der Waals surface area contributed by atoms with Crippen molar-refractivity contribution < 1.29 is 4.79 Å². The zero-order chi connectivity index (χ0) is 11.4. The molecule has 0 N–H and O–H groups in total. The van der Waals surface area contributed by atoms with E-state index >= 15 is 0 Å². The third-order valence-electron chi connectivity index (χ3n) is 2.21. The number of aromatic nitrogens is 1. The molecule has 1 unspecified atom stereocenters. The average molecular weight is 247 g/mol. The third-order valence-corrected chi connectivity index (χ3v) is 2.96. The van der Waals surface area contributed by atoms with Crippen LogP contribution in [0.5, 0.6) is 0 Å². The highest BCUT2D eigenvalue weighted by Gasteiger charge is 2.18. The number of hydrogen-bond acceptors (Lipinski definition) is 2. The fraction of sp³-hybridized carbons (Fsp3) is 0.400. The molecular weight excluding hydrogens is 235 g/mol. The van der Waals surface area contributed by atoms with E-state index in [4.69, 9.17) is 23.2 Å². The first kappa shape index (κ1) is 12.3. The number of pyridine rings is 1. The molecule has 1 amide bonds. The highest BCUT2D eigenvalue weighted by molar-refractivity contribution is 6.33. The van der Waals surface area contributed by atoms with Gasteiger partial charge in [-0.15, -0.1) is 11.6 Å². The molecule has 3 nitrogen and oxygen atoms in total. The molecule has 82 valence electrons. The molecule has 1 heterocycles. The molecule has 1 atom stereocenters. The quantitative estimate of drug-likeness (QED) is 0.768. The number of rotatable bonds is 3. The molecule has 0 fully saturated rings. The van der Waals surface area contributed by atoms with Crippen molar-refractivity contribution in [3.63, 3.8) is 0 Å². The Balaban J connectivity index is 2.90. The summed E-state index contributed by atoms with van der Waals surface area (Å²) in [6.07, 6.45) is 2.99. The van der Waals surface area contributed by atoms with Crippen LogP contribution in [-0.4, -0.2) is 34.8 Å². The first-order valence-corrected chi connectivity index (χ1v) is 5.41. The van der Waals surface area contributed by atoms with Gasteiger partial charge in [-0.2, -0.15) is 0 Å². The van der Waals surface area contributed by atoms with E-state index in [0.717, 1.165) is 0 Å². The second-order valence-corrected chi connectivity index (χ2v) is 3.99. The van der Waals surface area contributed by atoms with E-state index in [2.05, 4.69) is 4.98 Å². The van der Waals surface area contributed by atoms with Crippen molar-refractivity contribution in [3.05, 3.63) is 29.0 Å². The normalized spacial score (nSPS) is 12.3. The Morgan fingerprint density at radius 3 is 2.87 bits per heavy atom. The number of hydrogen-bond donors (Lipinski definition) is 0. The van der Waals surface area contributed by atoms with Gasteiger partial charge >= 0.3 is 0 Å². The van der Waals surface area contributed by atoms with Crippen molar-refractivity contribution in [2.24, 2.45) is 0 Å². The summed E-state index contributed by atoms with van der Waals surface area (Å²) in [6, 6.07) is 1.57. The molecule has 0 aliphatic heterocycles. The SMILES string of the molecule is CC(CCl)N(C)C(=O)c1ccncc1Cl. The largest absolute Gasteiger partial charge is 0.338 e. The van der Waals surface area contributed by atoms with Gasteiger partial charge in [0.2, 0.25) is 0 Å². The molecule has 0 bridgehead atoms. The topological polar surface area (TPSA) is 33.2 Å². The Labute approximate surface area is 99.0 Å². The summed E-state index contributed by atoms with van der Waals surface area (Å²) < 4.78 is 0. The van der Waals surface area contributed by atoms with Crippen LogP contribution in [0.2, 0.25) is 5.02 Å². The molecule has 5 heteroatoms. The summed E-state index contributed by atoms with van der Waals surface area (Å²) in [6.45, 7) is 1.87. The molecule has 0 saturated heterocycles. The van der Waals surface area contributed by atoms with Gasteiger partial charge in [0, 0.05) is 31.4 Å². The Hall–Kier alpha value is -0.800. The van der Waals surface area contributed by atoms with Crippen LogP contribution in [0.15, 0.2) is 18.5 Å². The van der Waals surface area contributed by atoms with Gasteiger partial charge < -0.3 is 4.90 Å². The summed E-state index contributed by atoms with van der Waals surface area (Å²) in [7, 11) is 1.70. The van der Waals surface area contributed by atoms with Gasteiger partial charge in [0.15, 0.2) is 0 Å². The van der Waals surface area contributed by atoms with E-state index in [0.29, 0.717) is 16.5 Å². The van der Waals surface area contributed by atoms with Crippen LogP contribution >= 0.6 is 23.2 Å². The zero-order valence-corrected chi connectivity index (χ0v) is 10.1. The van der Waals surface area contributed by atoms with Gasteiger partial charge in [-0.3, -0.25) is 9.78 Å². The molecular formula is C10H12Cl2N2O. The van der Waals surface area contributed by atoms with Crippen LogP contribution in [0.4, 0.5) is 0 Å². The standard InChI is InChI=1S/C10H12Cl2N2O/c1-7(5-11)14(2)10(15)8-3-4-13-6-9(8)12/h3-4,6-7H,5H2,1-2H3. The second kappa shape index (κ2) is 5.33. The molecule has 0 saturated carbocycles. The Bertz CT molecular complexity index is 357. The highest BCUT2D eigenvalue weighted by atomic mass is 35.5. The first-order valence-electron chi connectivity index (χ1n) is 4.50. The Kier molecular flexibility index (Phi) is 4.36. The lowest BCUT2D eigenvalue weighted by Crippen LogP contribution is -2.36. The van der Waals surface area contributed by atoms with Crippen molar-refractivity contribution in [1.82, 2.24) is 9.88 Å². The summed E-state index contributed by atoms with van der Waals surface area (Å²) in [5.74, 6) is 0.251. The van der Waals surface area contributed by atoms with E-state index in [1.807, 2.05) is 6.92 Å². The minimum Gasteiger partial charge on any atom is -0.338 e. The molecule has 0 aliphatic carbocycles. The second-order valence-electron chi connectivity index (χ2n) is 3.27. The van der Waals surface area contributed by atoms with Crippen LogP contribution in [0, 0.1) is 0 Å². The number of alkyl halides is 1. The minimum absolute atomic E-state index is 0.0246. The molecule has 1 aromatic heterocycles. The lowest BCUT2D eigenvalue weighted by molar-refractivity contribution is 0.0757. The molecule has 1 aromatic rings. The van der Waals surface area contributed by atoms with Gasteiger partial charge in [-0.1, -0.05) is 11.6 Å². The van der Waals surface area contributed by atoms with E-state index in [1.54, 1.807) is 18.0 Å². The van der Waals surface area contributed by atoms with Crippen LogP contribution in [0.25, 0.3) is 0 Å². The predicted octanol–water partition coefficient (Wildman–Crippen LogP) is 2.43. The number of carbonyl (C=O) groups excluding carboxylic acids is 1. The van der Waals surface area contributed by atoms with Crippen molar-refractivity contribution >= 4 is 29.1 Å². The molecule has 0 spiro atoms. The molecule has 0 aliphatic rings. The highest BCUT2D eigenvalue weighted by Crippen LogP contribution is 2.16. The maximum Gasteiger partial charge on any atom is 0.255 e. The molecule has 0 radical (unpaired) electrons. The smallest absolute Gasteiger partial charge is 0.255 e. The lowest BCUT2D eigenvalue weighted by atomic mass is 10.2. The van der Waals surface area contributed by atoms with Crippen LogP contribution in [0.1, 0.15) is 17.3 Å². The molecule has 1 rings (SSSR count). The fourth-order valence-corrected chi connectivity index (χ4v) is 1.45. The molecule has 15 heavy (non-hydrogen) atoms. The van der Waals surface area contributed by atoms with Gasteiger partial charge in [-0.25, -0.2) is 0 Å². The van der Waals surface area contributed by atoms with Crippen molar-refractivity contribution in [3.8, 4) is 0 Å². The van der Waals surface area contributed by atoms with Crippen LogP contribution in [-0.2, 0) is 0 Å². The number of carbonyl (C=O) groups is 1. The van der Waals surface area contributed by atoms with Crippen LogP contribution in [0.3, 0.4) is 0 Å². The number of nitrogens with zero attached hydrogens (tertiary/aromatic N) is 2. The Morgan fingerprint density at radius 2 is 2.33 bits per heavy atom. The fourth-order valence-electron chi connectivity index (χ4n) is 1.04. The van der Waals surface area contributed by atoms with Crippen molar-refractivity contribution in [2.75, 3.05) is 12.9 Å². The zero-order valence-electron chi connectivity index (χ0n) is 8.58. The summed E-state index contributed by atoms with van der Waals surface area (Å²) in [5, 5.41) is 0.358. The molecule has 0 aromatic carbocycles. The van der Waals surface area contributed by atoms with Gasteiger partial charge in [0.1, 0.15) is 0 Å². The number of amides is 1. The Morgan fingerprint density at radius 1 is 1.67 bits per heavy atom. The first-order chi connectivity index (χ1) is 7.07. The third kappa shape index (κ3) is 2.83. The van der Waals surface area contributed by atoms with Gasteiger partial charge in [-0.05, 0) is 13.0 Å². The monoisotopic (exact) mass is 246 g/mol. The van der Waals surface area contributed by atoms with E-state index in [9.17, 15) is 4.79 Å². The van der Waals surface area contributed by atoms with E-state index < -0.39 is 0 Å². The predicted molar refractivity (Wildman–Crippen MR) is 61.5 cm³/mol. The average Bonchev–Trinajstić information content (AvgIpc) is 2.26. The van der Waals surface area contributed by atoms with E-state index in [-0.39, 0.29) is 11.9 Å². The summed E-state index contributed by atoms with van der Waals surface area (Å²) in [5.41, 5.74) is 0.450. The maximum atomic E-state index is 11.9. The van der Waals surface area contributed by atoms with Gasteiger partial charge in [0.05, 0.1) is 10.6 Å². The number of halogens is 2. The maximum absolute atomic E-state index is 11.9. The summed E-state index contributed by atoms with van der Waals surface area (Å²) >= 11 is 11.5. The van der Waals surface area contributed by atoms with Crippen LogP contribution < -0.4 is 0 Å². The van der Waals surface area contributed by atoms with E-state index in [1.165, 1.54) is 12.4 Å².